The van der Waals surface area contributed by atoms with E-state index in [1.165, 1.54) is 0 Å². The van der Waals surface area contributed by atoms with Crippen molar-refractivity contribution in [3.05, 3.63) is 34.9 Å². The highest BCUT2D eigenvalue weighted by Crippen LogP contribution is 2.24. The summed E-state index contributed by atoms with van der Waals surface area (Å²) in [7, 11) is 0. The number of benzene rings is 1. The van der Waals surface area contributed by atoms with Crippen molar-refractivity contribution in [2.24, 2.45) is 11.8 Å². The molecule has 0 heterocycles. The molecule has 0 aliphatic rings. The van der Waals surface area contributed by atoms with E-state index in [0.717, 1.165) is 30.2 Å². The lowest BCUT2D eigenvalue weighted by atomic mass is 10.1. The van der Waals surface area contributed by atoms with Gasteiger partial charge in [-0.05, 0) is 29.5 Å². The maximum Gasteiger partial charge on any atom is 0.0712 e. The summed E-state index contributed by atoms with van der Waals surface area (Å²) in [6.45, 7) is 12.1. The van der Waals surface area contributed by atoms with Gasteiger partial charge in [0.25, 0.3) is 0 Å². The van der Waals surface area contributed by atoms with Gasteiger partial charge in [-0.15, -0.1) is 11.6 Å². The molecule has 0 aromatic heterocycles. The smallest absolute Gasteiger partial charge is 0.0712 e. The first-order valence-corrected chi connectivity index (χ1v) is 7.81. The highest BCUT2D eigenvalue weighted by Gasteiger charge is 2.15. The number of alkyl halides is 1. The van der Waals surface area contributed by atoms with E-state index in [2.05, 4.69) is 32.6 Å². The number of halogens is 2. The predicted molar refractivity (Wildman–Crippen MR) is 86.2 cm³/mol. The van der Waals surface area contributed by atoms with Crippen molar-refractivity contribution in [3.63, 3.8) is 0 Å². The van der Waals surface area contributed by atoms with E-state index in [9.17, 15) is 0 Å². The van der Waals surface area contributed by atoms with Crippen LogP contribution in [0, 0.1) is 11.8 Å². The molecule has 1 aromatic rings. The van der Waals surface area contributed by atoms with Crippen LogP contribution in [0.25, 0.3) is 0 Å². The fourth-order valence-electron chi connectivity index (χ4n) is 2.26. The highest BCUT2D eigenvalue weighted by molar-refractivity contribution is 6.30. The van der Waals surface area contributed by atoms with Gasteiger partial charge in [0.15, 0.2) is 0 Å². The minimum Gasteiger partial charge on any atom is -0.301 e. The van der Waals surface area contributed by atoms with Gasteiger partial charge in [-0.1, -0.05) is 51.4 Å². The molecule has 108 valence electrons. The summed E-state index contributed by atoms with van der Waals surface area (Å²) in [5.74, 6) is 1.32. The molecule has 0 aliphatic heterocycles. The zero-order valence-corrected chi connectivity index (χ0v) is 13.9. The molecule has 0 saturated carbocycles. The molecule has 19 heavy (non-hydrogen) atoms. The van der Waals surface area contributed by atoms with E-state index >= 15 is 0 Å². The summed E-state index contributed by atoms with van der Waals surface area (Å²) < 4.78 is 0. The van der Waals surface area contributed by atoms with Gasteiger partial charge in [-0.25, -0.2) is 0 Å². The Kier molecular flexibility index (Phi) is 7.20. The molecule has 0 amide bonds. The molecule has 1 nitrogen and oxygen atoms in total. The summed E-state index contributed by atoms with van der Waals surface area (Å²) in [5.41, 5.74) is 1.14. The lowest BCUT2D eigenvalue weighted by Crippen LogP contribution is -2.34. The monoisotopic (exact) mass is 301 g/mol. The molecule has 0 bridgehead atoms. The van der Waals surface area contributed by atoms with E-state index in [4.69, 9.17) is 23.2 Å². The summed E-state index contributed by atoms with van der Waals surface area (Å²) in [6, 6.07) is 7.84. The average Bonchev–Trinajstić information content (AvgIpc) is 2.27. The van der Waals surface area contributed by atoms with Crippen LogP contribution in [0.4, 0.5) is 0 Å². The molecule has 1 unspecified atom stereocenters. The molecular weight excluding hydrogens is 277 g/mol. The maximum atomic E-state index is 6.54. The lowest BCUT2D eigenvalue weighted by molar-refractivity contribution is 0.219. The Balaban J connectivity index is 2.63. The van der Waals surface area contributed by atoms with Gasteiger partial charge in [0, 0.05) is 24.7 Å². The van der Waals surface area contributed by atoms with Crippen molar-refractivity contribution < 1.29 is 0 Å². The van der Waals surface area contributed by atoms with Crippen molar-refractivity contribution in [2.45, 2.75) is 33.1 Å². The van der Waals surface area contributed by atoms with Crippen molar-refractivity contribution in [2.75, 3.05) is 19.6 Å². The van der Waals surface area contributed by atoms with Crippen LogP contribution in [0.3, 0.4) is 0 Å². The molecule has 1 atom stereocenters. The third-order valence-electron chi connectivity index (χ3n) is 2.90. The summed E-state index contributed by atoms with van der Waals surface area (Å²) in [6.07, 6.45) is 0. The number of rotatable bonds is 7. The Morgan fingerprint density at radius 1 is 0.895 bits per heavy atom. The van der Waals surface area contributed by atoms with Gasteiger partial charge in [-0.2, -0.15) is 0 Å². The van der Waals surface area contributed by atoms with E-state index < -0.39 is 0 Å². The predicted octanol–water partition coefficient (Wildman–Crippen LogP) is 5.23. The summed E-state index contributed by atoms with van der Waals surface area (Å²) in [4.78, 5) is 2.46. The van der Waals surface area contributed by atoms with Crippen LogP contribution in [0.15, 0.2) is 24.3 Å². The molecule has 1 rings (SSSR count). The average molecular weight is 302 g/mol. The van der Waals surface area contributed by atoms with E-state index in [0.29, 0.717) is 11.8 Å². The van der Waals surface area contributed by atoms with Gasteiger partial charge in [-0.3, -0.25) is 0 Å². The molecule has 0 saturated heterocycles. The van der Waals surface area contributed by atoms with Crippen LogP contribution >= 0.6 is 23.2 Å². The second-order valence-electron chi connectivity index (χ2n) is 6.03. The number of nitrogens with zero attached hydrogens (tertiary/aromatic N) is 1. The van der Waals surface area contributed by atoms with Crippen LogP contribution in [-0.4, -0.2) is 24.5 Å². The van der Waals surface area contributed by atoms with Crippen LogP contribution in [0.5, 0.6) is 0 Å². The molecule has 0 spiro atoms. The van der Waals surface area contributed by atoms with E-state index in [1.807, 2.05) is 24.3 Å². The Bertz CT molecular complexity index is 350. The Morgan fingerprint density at radius 3 is 1.79 bits per heavy atom. The Labute approximate surface area is 127 Å². The Morgan fingerprint density at radius 2 is 1.37 bits per heavy atom. The van der Waals surface area contributed by atoms with Gasteiger partial charge in [0.2, 0.25) is 0 Å². The fraction of sp³-hybridized carbons (Fsp3) is 0.625. The third-order valence-corrected chi connectivity index (χ3v) is 3.54. The lowest BCUT2D eigenvalue weighted by Gasteiger charge is -2.28. The SMILES string of the molecule is CC(C)CN(CC(C)C)CC(Cl)c1ccc(Cl)cc1. The minimum absolute atomic E-state index is 0.0229. The molecule has 1 aromatic carbocycles. The molecular formula is C16H25Cl2N. The van der Waals surface area contributed by atoms with Crippen LogP contribution in [0.1, 0.15) is 38.6 Å². The molecule has 0 fully saturated rings. The Hall–Kier alpha value is -0.240. The van der Waals surface area contributed by atoms with E-state index in [-0.39, 0.29) is 5.38 Å². The van der Waals surface area contributed by atoms with Crippen molar-refractivity contribution in [3.8, 4) is 0 Å². The fourth-order valence-corrected chi connectivity index (χ4v) is 2.73. The standard InChI is InChI=1S/C16H25Cl2N/c1-12(2)9-19(10-13(3)4)11-16(18)14-5-7-15(17)8-6-14/h5-8,12-13,16H,9-11H2,1-4H3. The van der Waals surface area contributed by atoms with Gasteiger partial charge in [0.1, 0.15) is 0 Å². The number of hydrogen-bond acceptors (Lipinski definition) is 1. The van der Waals surface area contributed by atoms with Crippen molar-refractivity contribution in [1.82, 2.24) is 4.90 Å². The summed E-state index contributed by atoms with van der Waals surface area (Å²) in [5, 5.41) is 0.781. The van der Waals surface area contributed by atoms with Crippen LogP contribution < -0.4 is 0 Å². The zero-order chi connectivity index (χ0) is 14.4. The van der Waals surface area contributed by atoms with Crippen LogP contribution in [-0.2, 0) is 0 Å². The topological polar surface area (TPSA) is 3.24 Å². The third kappa shape index (κ3) is 6.65. The second-order valence-corrected chi connectivity index (χ2v) is 6.99. The molecule has 0 radical (unpaired) electrons. The maximum absolute atomic E-state index is 6.54. The van der Waals surface area contributed by atoms with Crippen molar-refractivity contribution in [1.29, 1.82) is 0 Å². The first-order valence-electron chi connectivity index (χ1n) is 7.00. The molecule has 3 heteroatoms. The first kappa shape index (κ1) is 16.8. The zero-order valence-electron chi connectivity index (χ0n) is 12.4. The summed E-state index contributed by atoms with van der Waals surface area (Å²) >= 11 is 12.4. The quantitative estimate of drug-likeness (QED) is 0.623. The first-order chi connectivity index (χ1) is 8.88. The normalized spacial score (nSPS) is 13.5. The van der Waals surface area contributed by atoms with Gasteiger partial charge < -0.3 is 4.90 Å². The minimum atomic E-state index is 0.0229. The molecule has 0 N–H and O–H groups in total. The van der Waals surface area contributed by atoms with Crippen LogP contribution in [0.2, 0.25) is 5.02 Å². The molecule has 0 aliphatic carbocycles. The van der Waals surface area contributed by atoms with Gasteiger partial charge in [0.05, 0.1) is 5.38 Å². The van der Waals surface area contributed by atoms with Gasteiger partial charge >= 0.3 is 0 Å². The largest absolute Gasteiger partial charge is 0.301 e. The highest BCUT2D eigenvalue weighted by atomic mass is 35.5. The van der Waals surface area contributed by atoms with Crippen molar-refractivity contribution >= 4 is 23.2 Å². The van der Waals surface area contributed by atoms with E-state index in [1.54, 1.807) is 0 Å². The second kappa shape index (κ2) is 8.14. The number of hydrogen-bond donors (Lipinski definition) is 0.